The Hall–Kier alpha value is -2.07. The molecule has 0 radical (unpaired) electrons. The Morgan fingerprint density at radius 1 is 1.16 bits per heavy atom. The maximum atomic E-state index is 12.7. The molecule has 3 rings (SSSR count). The van der Waals surface area contributed by atoms with E-state index in [1.807, 2.05) is 27.0 Å². The minimum Gasteiger partial charge on any atom is -0.366 e. The highest BCUT2D eigenvalue weighted by Crippen LogP contribution is 2.22. The van der Waals surface area contributed by atoms with Gasteiger partial charge in [0, 0.05) is 55.4 Å². The quantitative estimate of drug-likeness (QED) is 0.800. The average molecular weight is 339 g/mol. The van der Waals surface area contributed by atoms with E-state index in [-0.39, 0.29) is 5.78 Å². The molecule has 0 saturated carbocycles. The first-order chi connectivity index (χ1) is 11.9. The molecule has 4 heteroatoms. The predicted octanol–water partition coefficient (Wildman–Crippen LogP) is 3.34. The van der Waals surface area contributed by atoms with Crippen molar-refractivity contribution in [3.8, 4) is 0 Å². The number of carbonyl (C=O) groups excluding carboxylic acids is 1. The topological polar surface area (TPSA) is 28.5 Å². The van der Waals surface area contributed by atoms with Crippen LogP contribution in [0.25, 0.3) is 0 Å². The number of rotatable bonds is 4. The first-order valence-electron chi connectivity index (χ1n) is 9.08. The molecule has 0 unspecified atom stereocenters. The Labute approximate surface area is 151 Å². The highest BCUT2D eigenvalue weighted by Gasteiger charge is 2.26. The van der Waals surface area contributed by atoms with Crippen LogP contribution >= 0.6 is 0 Å². The zero-order valence-electron chi connectivity index (χ0n) is 16.0. The lowest BCUT2D eigenvalue weighted by atomic mass is 10.1. The van der Waals surface area contributed by atoms with E-state index >= 15 is 0 Å². The van der Waals surface area contributed by atoms with Crippen LogP contribution in [0.15, 0.2) is 30.3 Å². The van der Waals surface area contributed by atoms with Gasteiger partial charge in [0.15, 0.2) is 5.78 Å². The molecule has 4 nitrogen and oxygen atoms in total. The number of benzene rings is 1. The zero-order valence-corrected chi connectivity index (χ0v) is 16.0. The van der Waals surface area contributed by atoms with Crippen LogP contribution in [0.5, 0.6) is 0 Å². The molecule has 0 aliphatic carbocycles. The van der Waals surface area contributed by atoms with E-state index in [1.165, 1.54) is 11.3 Å². The minimum absolute atomic E-state index is 0.234. The molecule has 1 saturated heterocycles. The summed E-state index contributed by atoms with van der Waals surface area (Å²) >= 11 is 0. The van der Waals surface area contributed by atoms with E-state index in [4.69, 9.17) is 0 Å². The van der Waals surface area contributed by atoms with Gasteiger partial charge >= 0.3 is 0 Å². The number of aromatic nitrogens is 1. The van der Waals surface area contributed by atoms with Gasteiger partial charge < -0.3 is 9.47 Å². The molecule has 2 heterocycles. The largest absolute Gasteiger partial charge is 0.366 e. The normalized spacial score (nSPS) is 18.6. The smallest absolute Gasteiger partial charge is 0.178 e. The van der Waals surface area contributed by atoms with Crippen LogP contribution < -0.4 is 4.90 Å². The van der Waals surface area contributed by atoms with Crippen LogP contribution in [0.2, 0.25) is 0 Å². The van der Waals surface area contributed by atoms with Crippen molar-refractivity contribution in [1.82, 2.24) is 9.47 Å². The van der Waals surface area contributed by atoms with Crippen molar-refractivity contribution in [1.29, 1.82) is 0 Å². The van der Waals surface area contributed by atoms with Gasteiger partial charge in [-0.25, -0.2) is 0 Å². The Morgan fingerprint density at radius 3 is 2.52 bits per heavy atom. The van der Waals surface area contributed by atoms with Gasteiger partial charge in [0.1, 0.15) is 0 Å². The number of hydrogen-bond acceptors (Lipinski definition) is 3. The number of carbonyl (C=O) groups is 1. The van der Waals surface area contributed by atoms with Crippen LogP contribution in [0.4, 0.5) is 5.69 Å². The van der Waals surface area contributed by atoms with Crippen molar-refractivity contribution < 1.29 is 4.79 Å². The molecule has 134 valence electrons. The van der Waals surface area contributed by atoms with Gasteiger partial charge in [0.05, 0.1) is 6.54 Å². The molecule has 0 amide bonds. The summed E-state index contributed by atoms with van der Waals surface area (Å²) in [7, 11) is 2.02. The van der Waals surface area contributed by atoms with Crippen molar-refractivity contribution in [2.24, 2.45) is 7.05 Å². The molecule has 1 aliphatic rings. The number of ketones is 1. The van der Waals surface area contributed by atoms with Gasteiger partial charge in [-0.15, -0.1) is 0 Å². The predicted molar refractivity (Wildman–Crippen MR) is 104 cm³/mol. The van der Waals surface area contributed by atoms with Gasteiger partial charge in [-0.2, -0.15) is 0 Å². The SMILES string of the molecule is Cc1cccc(N2CCN(CC(=O)c3cc(C)n(C)c3C)C[C@H]2C)c1. The van der Waals surface area contributed by atoms with Gasteiger partial charge in [-0.05, 0) is 51.5 Å². The molecule has 1 aromatic heterocycles. The Morgan fingerprint density at radius 2 is 1.92 bits per heavy atom. The molecule has 2 aromatic rings. The molecular formula is C21H29N3O. The molecular weight excluding hydrogens is 310 g/mol. The molecule has 0 N–H and O–H groups in total. The van der Waals surface area contributed by atoms with Crippen molar-refractivity contribution in [3.05, 3.63) is 52.8 Å². The first kappa shape index (κ1) is 17.7. The second kappa shape index (κ2) is 7.04. The number of anilines is 1. The van der Waals surface area contributed by atoms with E-state index < -0.39 is 0 Å². The van der Waals surface area contributed by atoms with Crippen molar-refractivity contribution in [2.75, 3.05) is 31.1 Å². The third kappa shape index (κ3) is 3.64. The van der Waals surface area contributed by atoms with Crippen LogP contribution in [0.1, 0.15) is 34.2 Å². The average Bonchev–Trinajstić information content (AvgIpc) is 2.82. The molecule has 1 aromatic carbocycles. The fourth-order valence-electron chi connectivity index (χ4n) is 3.79. The van der Waals surface area contributed by atoms with E-state index in [0.717, 1.165) is 36.6 Å². The lowest BCUT2D eigenvalue weighted by molar-refractivity contribution is 0.0916. The molecule has 1 aliphatic heterocycles. The van der Waals surface area contributed by atoms with Crippen LogP contribution in [-0.2, 0) is 7.05 Å². The van der Waals surface area contributed by atoms with E-state index in [0.29, 0.717) is 12.6 Å². The number of piperazine rings is 1. The summed E-state index contributed by atoms with van der Waals surface area (Å²) in [5, 5.41) is 0. The second-order valence-electron chi connectivity index (χ2n) is 7.38. The Balaban J connectivity index is 1.65. The number of nitrogens with zero attached hydrogens (tertiary/aromatic N) is 3. The van der Waals surface area contributed by atoms with E-state index in [9.17, 15) is 4.79 Å². The van der Waals surface area contributed by atoms with Crippen molar-refractivity contribution in [2.45, 2.75) is 33.7 Å². The van der Waals surface area contributed by atoms with Crippen LogP contribution in [0.3, 0.4) is 0 Å². The van der Waals surface area contributed by atoms with Crippen molar-refractivity contribution >= 4 is 11.5 Å². The summed E-state index contributed by atoms with van der Waals surface area (Å²) in [6.45, 7) is 11.8. The second-order valence-corrected chi connectivity index (χ2v) is 7.38. The fourth-order valence-corrected chi connectivity index (χ4v) is 3.79. The molecule has 1 atom stereocenters. The monoisotopic (exact) mass is 339 g/mol. The number of hydrogen-bond donors (Lipinski definition) is 0. The zero-order chi connectivity index (χ0) is 18.1. The molecule has 25 heavy (non-hydrogen) atoms. The maximum absolute atomic E-state index is 12.7. The summed E-state index contributed by atoms with van der Waals surface area (Å²) in [5.41, 5.74) is 5.64. The van der Waals surface area contributed by atoms with Crippen LogP contribution in [0, 0.1) is 20.8 Å². The summed E-state index contributed by atoms with van der Waals surface area (Å²) in [6.07, 6.45) is 0. The molecule has 0 bridgehead atoms. The third-order valence-electron chi connectivity index (χ3n) is 5.49. The summed E-state index contributed by atoms with van der Waals surface area (Å²) in [6, 6.07) is 11.1. The van der Waals surface area contributed by atoms with E-state index in [2.05, 4.69) is 52.5 Å². The third-order valence-corrected chi connectivity index (χ3v) is 5.49. The highest BCUT2D eigenvalue weighted by molar-refractivity contribution is 5.99. The number of aryl methyl sites for hydroxylation is 2. The van der Waals surface area contributed by atoms with Crippen LogP contribution in [-0.4, -0.2) is 47.5 Å². The molecule has 0 spiro atoms. The fraction of sp³-hybridized carbons (Fsp3) is 0.476. The maximum Gasteiger partial charge on any atom is 0.178 e. The Bertz CT molecular complexity index is 777. The van der Waals surface area contributed by atoms with Gasteiger partial charge in [0.25, 0.3) is 0 Å². The summed E-state index contributed by atoms with van der Waals surface area (Å²) in [4.78, 5) is 17.5. The lowest BCUT2D eigenvalue weighted by Gasteiger charge is -2.41. The minimum atomic E-state index is 0.234. The van der Waals surface area contributed by atoms with E-state index in [1.54, 1.807) is 0 Å². The Kier molecular flexibility index (Phi) is 5.00. The van der Waals surface area contributed by atoms with Crippen molar-refractivity contribution in [3.63, 3.8) is 0 Å². The van der Waals surface area contributed by atoms with Gasteiger partial charge in [-0.1, -0.05) is 12.1 Å². The van der Waals surface area contributed by atoms with Gasteiger partial charge in [-0.3, -0.25) is 9.69 Å². The lowest BCUT2D eigenvalue weighted by Crippen LogP contribution is -2.53. The summed E-state index contributed by atoms with van der Waals surface area (Å²) in [5.74, 6) is 0.234. The summed E-state index contributed by atoms with van der Waals surface area (Å²) < 4.78 is 2.09. The molecule has 1 fully saturated rings. The number of Topliss-reactive ketones (excluding diaryl/α,β-unsaturated/α-hetero) is 1. The highest BCUT2D eigenvalue weighted by atomic mass is 16.1. The van der Waals surface area contributed by atoms with Gasteiger partial charge in [0.2, 0.25) is 0 Å². The standard InChI is InChI=1S/C21H29N3O/c1-15-7-6-8-19(11-15)24-10-9-23(13-17(24)3)14-21(25)20-12-16(2)22(5)18(20)4/h6-8,11-12,17H,9-10,13-14H2,1-5H3/t17-/m1/s1. The first-order valence-corrected chi connectivity index (χ1v) is 9.08.